The molecule has 2 atom stereocenters. The monoisotopic (exact) mass is 152 g/mol. The molecule has 0 aliphatic rings. The third-order valence-corrected chi connectivity index (χ3v) is 1.00. The third-order valence-electron chi connectivity index (χ3n) is 1.00. The Morgan fingerprint density at radius 1 is 0.625 bits per heavy atom. The first-order valence-corrected chi connectivity index (χ1v) is 2.25. The SMILES string of the molecule is CC(C)=C(C)C.P.P. The van der Waals surface area contributed by atoms with Crippen LogP contribution in [0.3, 0.4) is 0 Å². The zero-order valence-corrected chi connectivity index (χ0v) is 9.24. The summed E-state index contributed by atoms with van der Waals surface area (Å²) in [5.74, 6) is 0. The normalized spacial score (nSPS) is 6.00. The van der Waals surface area contributed by atoms with Gasteiger partial charge in [0, 0.05) is 0 Å². The molecule has 0 fully saturated rings. The lowest BCUT2D eigenvalue weighted by molar-refractivity contribution is 1.23. The van der Waals surface area contributed by atoms with Gasteiger partial charge < -0.3 is 0 Å². The molecule has 0 heterocycles. The molecule has 52 valence electrons. The van der Waals surface area contributed by atoms with Crippen molar-refractivity contribution in [2.75, 3.05) is 0 Å². The fourth-order valence-electron chi connectivity index (χ4n) is 0. The molecule has 2 unspecified atom stereocenters. The summed E-state index contributed by atoms with van der Waals surface area (Å²) in [4.78, 5) is 0. The molecule has 0 bridgehead atoms. The first-order chi connectivity index (χ1) is 2.64. The van der Waals surface area contributed by atoms with Crippen molar-refractivity contribution in [1.82, 2.24) is 0 Å². The van der Waals surface area contributed by atoms with Crippen molar-refractivity contribution in [2.45, 2.75) is 27.7 Å². The number of hydrogen-bond donors (Lipinski definition) is 0. The zero-order valence-electron chi connectivity index (χ0n) is 6.41. The highest BCUT2D eigenvalue weighted by Gasteiger charge is 1.75. The van der Waals surface area contributed by atoms with Crippen molar-refractivity contribution >= 4 is 19.8 Å². The minimum absolute atomic E-state index is 0. The highest BCUT2D eigenvalue weighted by Crippen LogP contribution is 1.96. The minimum atomic E-state index is 0. The summed E-state index contributed by atoms with van der Waals surface area (Å²) in [5, 5.41) is 0. The maximum absolute atomic E-state index is 2.12. The second-order valence-electron chi connectivity index (χ2n) is 2.00. The van der Waals surface area contributed by atoms with Crippen LogP contribution < -0.4 is 0 Å². The van der Waals surface area contributed by atoms with Crippen LogP contribution in [0.4, 0.5) is 0 Å². The van der Waals surface area contributed by atoms with Crippen LogP contribution in [0, 0.1) is 0 Å². The summed E-state index contributed by atoms with van der Waals surface area (Å²) in [5.41, 5.74) is 2.85. The molecule has 0 amide bonds. The van der Waals surface area contributed by atoms with E-state index in [1.165, 1.54) is 11.1 Å². The van der Waals surface area contributed by atoms with Crippen molar-refractivity contribution < 1.29 is 0 Å². The van der Waals surface area contributed by atoms with Crippen molar-refractivity contribution in [3.63, 3.8) is 0 Å². The van der Waals surface area contributed by atoms with Crippen LogP contribution in [0.25, 0.3) is 0 Å². The van der Waals surface area contributed by atoms with Gasteiger partial charge in [-0.15, -0.1) is 0 Å². The topological polar surface area (TPSA) is 0 Å². The zero-order chi connectivity index (χ0) is 5.15. The minimum Gasteiger partial charge on any atom is -0.153 e. The molecule has 0 aliphatic carbocycles. The lowest BCUT2D eigenvalue weighted by Gasteiger charge is -1.88. The van der Waals surface area contributed by atoms with Crippen LogP contribution >= 0.6 is 19.8 Å². The van der Waals surface area contributed by atoms with Crippen LogP contribution in [-0.2, 0) is 0 Å². The maximum Gasteiger partial charge on any atom is -0.0440 e. The van der Waals surface area contributed by atoms with E-state index >= 15 is 0 Å². The highest BCUT2D eigenvalue weighted by molar-refractivity contribution is 6.92. The molecule has 0 spiro atoms. The van der Waals surface area contributed by atoms with Crippen LogP contribution in [0.5, 0.6) is 0 Å². The van der Waals surface area contributed by atoms with Gasteiger partial charge in [0.25, 0.3) is 0 Å². The van der Waals surface area contributed by atoms with Gasteiger partial charge in [-0.05, 0) is 27.7 Å². The quantitative estimate of drug-likeness (QED) is 0.369. The molecule has 2 heteroatoms. The van der Waals surface area contributed by atoms with Gasteiger partial charge in [0.2, 0.25) is 0 Å². The lowest BCUT2D eigenvalue weighted by atomic mass is 10.2. The lowest BCUT2D eigenvalue weighted by Crippen LogP contribution is -1.66. The Bertz CT molecular complexity index is 56.6. The van der Waals surface area contributed by atoms with Crippen LogP contribution in [-0.4, -0.2) is 0 Å². The molecule has 0 aromatic heterocycles. The van der Waals surface area contributed by atoms with E-state index < -0.39 is 0 Å². The van der Waals surface area contributed by atoms with E-state index in [1.54, 1.807) is 0 Å². The molecule has 0 N–H and O–H groups in total. The molecule has 0 nitrogen and oxygen atoms in total. The first-order valence-electron chi connectivity index (χ1n) is 2.25. The summed E-state index contributed by atoms with van der Waals surface area (Å²) in [7, 11) is 0. The van der Waals surface area contributed by atoms with Gasteiger partial charge in [0.05, 0.1) is 0 Å². The number of allylic oxidation sites excluding steroid dienone is 2. The molecule has 0 aromatic rings. The van der Waals surface area contributed by atoms with E-state index in [4.69, 9.17) is 0 Å². The average Bonchev–Trinajstić information content (AvgIpc) is 1.36. The van der Waals surface area contributed by atoms with E-state index in [2.05, 4.69) is 27.7 Å². The summed E-state index contributed by atoms with van der Waals surface area (Å²) in [6, 6.07) is 0. The predicted molar refractivity (Wildman–Crippen MR) is 51.9 cm³/mol. The molecule has 0 saturated heterocycles. The van der Waals surface area contributed by atoms with Crippen LogP contribution in [0.1, 0.15) is 27.7 Å². The van der Waals surface area contributed by atoms with Crippen LogP contribution in [0.15, 0.2) is 11.1 Å². The molecule has 0 radical (unpaired) electrons. The summed E-state index contributed by atoms with van der Waals surface area (Å²) < 4.78 is 0. The van der Waals surface area contributed by atoms with Crippen molar-refractivity contribution in [3.05, 3.63) is 11.1 Å². The Morgan fingerprint density at radius 2 is 0.750 bits per heavy atom. The van der Waals surface area contributed by atoms with Crippen molar-refractivity contribution in [1.29, 1.82) is 0 Å². The summed E-state index contributed by atoms with van der Waals surface area (Å²) in [6.45, 7) is 8.48. The van der Waals surface area contributed by atoms with E-state index in [0.29, 0.717) is 0 Å². The predicted octanol–water partition coefficient (Wildman–Crippen LogP) is 2.48. The van der Waals surface area contributed by atoms with Crippen molar-refractivity contribution in [3.8, 4) is 0 Å². The smallest absolute Gasteiger partial charge is 0.0440 e. The van der Waals surface area contributed by atoms with Gasteiger partial charge in [-0.1, -0.05) is 11.1 Å². The highest BCUT2D eigenvalue weighted by atomic mass is 31.0. The average molecular weight is 152 g/mol. The number of hydrogen-bond acceptors (Lipinski definition) is 0. The molecule has 0 saturated carbocycles. The van der Waals surface area contributed by atoms with E-state index in [9.17, 15) is 0 Å². The van der Waals surface area contributed by atoms with Gasteiger partial charge in [-0.25, -0.2) is 0 Å². The van der Waals surface area contributed by atoms with Crippen molar-refractivity contribution in [2.24, 2.45) is 0 Å². The van der Waals surface area contributed by atoms with Gasteiger partial charge in [-0.3, -0.25) is 0 Å². The van der Waals surface area contributed by atoms with E-state index in [1.807, 2.05) is 0 Å². The molecular weight excluding hydrogens is 134 g/mol. The second-order valence-corrected chi connectivity index (χ2v) is 2.00. The summed E-state index contributed by atoms with van der Waals surface area (Å²) in [6.07, 6.45) is 0. The molecular formula is C6H18P2. The van der Waals surface area contributed by atoms with Gasteiger partial charge >= 0.3 is 0 Å². The van der Waals surface area contributed by atoms with E-state index in [-0.39, 0.29) is 19.8 Å². The Labute approximate surface area is 59.4 Å². The maximum atomic E-state index is 2.12. The third kappa shape index (κ3) is 9.78. The van der Waals surface area contributed by atoms with E-state index in [0.717, 1.165) is 0 Å². The largest absolute Gasteiger partial charge is 0.153 e. The van der Waals surface area contributed by atoms with Gasteiger partial charge in [0.1, 0.15) is 0 Å². The second kappa shape index (κ2) is 7.60. The molecule has 0 aromatic carbocycles. The Hall–Kier alpha value is 0.600. The fraction of sp³-hybridized carbons (Fsp3) is 0.667. The molecule has 8 heavy (non-hydrogen) atoms. The van der Waals surface area contributed by atoms with Gasteiger partial charge in [0.15, 0.2) is 0 Å². The molecule has 0 aliphatic heterocycles. The fourth-order valence-corrected chi connectivity index (χ4v) is 0. The Balaban J connectivity index is -0.000000125. The number of rotatable bonds is 0. The van der Waals surface area contributed by atoms with Crippen LogP contribution in [0.2, 0.25) is 0 Å². The standard InChI is InChI=1S/C6H12.2H3P/c1-5(2)6(3)4;;/h1-4H3;2*1H3. The Kier molecular flexibility index (Phi) is 15.0. The Morgan fingerprint density at radius 3 is 0.750 bits per heavy atom. The summed E-state index contributed by atoms with van der Waals surface area (Å²) >= 11 is 0. The first kappa shape index (κ1) is 15.8. The molecule has 0 rings (SSSR count). The van der Waals surface area contributed by atoms with Gasteiger partial charge in [-0.2, -0.15) is 19.8 Å².